The van der Waals surface area contributed by atoms with Crippen LogP contribution in [0.5, 0.6) is 0 Å². The number of rotatable bonds is 2. The zero-order valence-corrected chi connectivity index (χ0v) is 11.4. The molecule has 0 saturated heterocycles. The zero-order valence-electron chi connectivity index (χ0n) is 11.4. The van der Waals surface area contributed by atoms with Gasteiger partial charge in [-0.1, -0.05) is 48.5 Å². The second-order valence-corrected chi connectivity index (χ2v) is 5.57. The Morgan fingerprint density at radius 3 is 2.20 bits per heavy atom. The predicted molar refractivity (Wildman–Crippen MR) is 77.4 cm³/mol. The van der Waals surface area contributed by atoms with Gasteiger partial charge in [-0.2, -0.15) is 0 Å². The van der Waals surface area contributed by atoms with Crippen LogP contribution in [0.1, 0.15) is 24.5 Å². The van der Waals surface area contributed by atoms with Crippen LogP contribution in [0.15, 0.2) is 48.5 Å². The highest BCUT2D eigenvalue weighted by molar-refractivity contribution is 5.90. The number of carbonyl (C=O) groups is 1. The molecule has 0 unspecified atom stereocenters. The van der Waals surface area contributed by atoms with Crippen molar-refractivity contribution in [2.24, 2.45) is 5.92 Å². The van der Waals surface area contributed by atoms with Gasteiger partial charge in [-0.15, -0.1) is 0 Å². The number of hydrogen-bond donors (Lipinski definition) is 0. The minimum Gasteiger partial charge on any atom is -0.466 e. The normalized spacial score (nSPS) is 20.4. The summed E-state index contributed by atoms with van der Waals surface area (Å²) in [5.41, 5.74) is 5.00. The fourth-order valence-corrected chi connectivity index (χ4v) is 3.74. The van der Waals surface area contributed by atoms with Crippen molar-refractivity contribution < 1.29 is 9.53 Å². The standard InChI is InChI=1S/C18H16O2/c1-2-20-17(19)16-11-18(16)14-9-5-3-7-12(14)13-8-4-6-10-15(13)18/h3-10,16H,2,11H2,1H3/t16-/m1/s1. The molecule has 0 amide bonds. The Bertz CT molecular complexity index is 657. The number of benzene rings is 2. The maximum Gasteiger partial charge on any atom is 0.310 e. The third-order valence-electron chi connectivity index (χ3n) is 4.64. The van der Waals surface area contributed by atoms with Crippen LogP contribution < -0.4 is 0 Å². The average molecular weight is 264 g/mol. The van der Waals surface area contributed by atoms with Gasteiger partial charge in [0, 0.05) is 5.41 Å². The highest BCUT2D eigenvalue weighted by Crippen LogP contribution is 2.66. The Morgan fingerprint density at radius 2 is 1.65 bits per heavy atom. The second kappa shape index (κ2) is 3.95. The van der Waals surface area contributed by atoms with Crippen LogP contribution in [0.2, 0.25) is 0 Å². The van der Waals surface area contributed by atoms with Crippen LogP contribution in [0.3, 0.4) is 0 Å². The quantitative estimate of drug-likeness (QED) is 0.776. The van der Waals surface area contributed by atoms with E-state index >= 15 is 0 Å². The molecular weight excluding hydrogens is 248 g/mol. The molecule has 0 aliphatic heterocycles. The summed E-state index contributed by atoms with van der Waals surface area (Å²) >= 11 is 0. The van der Waals surface area contributed by atoms with Gasteiger partial charge in [0.2, 0.25) is 0 Å². The molecule has 2 nitrogen and oxygen atoms in total. The fourth-order valence-electron chi connectivity index (χ4n) is 3.74. The maximum atomic E-state index is 12.2. The van der Waals surface area contributed by atoms with Crippen molar-refractivity contribution >= 4 is 5.97 Å². The number of fused-ring (bicyclic) bond motifs is 5. The molecular formula is C18H16O2. The van der Waals surface area contributed by atoms with Gasteiger partial charge in [0.05, 0.1) is 12.5 Å². The van der Waals surface area contributed by atoms with Crippen molar-refractivity contribution in [3.63, 3.8) is 0 Å². The van der Waals surface area contributed by atoms with Gasteiger partial charge in [0.1, 0.15) is 0 Å². The van der Waals surface area contributed by atoms with Crippen LogP contribution in [0.4, 0.5) is 0 Å². The number of carbonyl (C=O) groups excluding carboxylic acids is 1. The average Bonchev–Trinajstić information content (AvgIpc) is 3.17. The van der Waals surface area contributed by atoms with Crippen molar-refractivity contribution in [2.45, 2.75) is 18.8 Å². The fraction of sp³-hybridized carbons (Fsp3) is 0.278. The van der Waals surface area contributed by atoms with E-state index in [1.165, 1.54) is 22.3 Å². The molecule has 0 heterocycles. The molecule has 1 atom stereocenters. The molecule has 0 radical (unpaired) electrons. The summed E-state index contributed by atoms with van der Waals surface area (Å²) in [5, 5.41) is 0. The molecule has 0 aromatic heterocycles. The van der Waals surface area contributed by atoms with E-state index in [4.69, 9.17) is 4.74 Å². The molecule has 1 spiro atoms. The summed E-state index contributed by atoms with van der Waals surface area (Å²) in [4.78, 5) is 12.2. The molecule has 2 aromatic carbocycles. The Balaban J connectivity index is 1.88. The lowest BCUT2D eigenvalue weighted by molar-refractivity contribution is -0.145. The third-order valence-corrected chi connectivity index (χ3v) is 4.64. The Hall–Kier alpha value is -2.09. The lowest BCUT2D eigenvalue weighted by atomic mass is 9.91. The summed E-state index contributed by atoms with van der Waals surface area (Å²) < 4.78 is 5.24. The molecule has 0 bridgehead atoms. The Kier molecular flexibility index (Phi) is 2.31. The lowest BCUT2D eigenvalue weighted by Crippen LogP contribution is -2.16. The van der Waals surface area contributed by atoms with E-state index in [0.29, 0.717) is 6.61 Å². The van der Waals surface area contributed by atoms with E-state index in [2.05, 4.69) is 48.5 Å². The molecule has 1 fully saturated rings. The minimum atomic E-state index is -0.126. The van der Waals surface area contributed by atoms with Gasteiger partial charge < -0.3 is 4.74 Å². The van der Waals surface area contributed by atoms with Crippen LogP contribution in [0, 0.1) is 5.92 Å². The molecule has 2 aliphatic rings. The summed E-state index contributed by atoms with van der Waals surface area (Å²) in [6.45, 7) is 2.32. The van der Waals surface area contributed by atoms with Crippen molar-refractivity contribution in [3.8, 4) is 11.1 Å². The topological polar surface area (TPSA) is 26.3 Å². The van der Waals surface area contributed by atoms with Crippen molar-refractivity contribution in [1.82, 2.24) is 0 Å². The number of esters is 1. The summed E-state index contributed by atoms with van der Waals surface area (Å²) in [6.07, 6.45) is 0.875. The van der Waals surface area contributed by atoms with E-state index in [-0.39, 0.29) is 17.3 Å². The SMILES string of the molecule is CCOC(=O)[C@H]1CC12c1ccccc1-c1ccccc12. The first kappa shape index (κ1) is 11.7. The summed E-state index contributed by atoms with van der Waals surface area (Å²) in [5.74, 6) is -0.0775. The number of hydrogen-bond acceptors (Lipinski definition) is 2. The third kappa shape index (κ3) is 1.31. The first-order chi connectivity index (χ1) is 9.79. The number of ether oxygens (including phenoxy) is 1. The highest BCUT2D eigenvalue weighted by Gasteiger charge is 2.64. The molecule has 4 rings (SSSR count). The minimum absolute atomic E-state index is 0.0211. The van der Waals surface area contributed by atoms with Crippen molar-refractivity contribution in [3.05, 3.63) is 59.7 Å². The van der Waals surface area contributed by atoms with Gasteiger partial charge in [0.25, 0.3) is 0 Å². The molecule has 20 heavy (non-hydrogen) atoms. The molecule has 2 aliphatic carbocycles. The molecule has 0 N–H and O–H groups in total. The Morgan fingerprint density at radius 1 is 1.10 bits per heavy atom. The predicted octanol–water partition coefficient (Wildman–Crippen LogP) is 3.54. The van der Waals surface area contributed by atoms with Gasteiger partial charge in [-0.3, -0.25) is 4.79 Å². The second-order valence-electron chi connectivity index (χ2n) is 5.57. The van der Waals surface area contributed by atoms with Gasteiger partial charge in [0.15, 0.2) is 0 Å². The van der Waals surface area contributed by atoms with E-state index in [1.807, 2.05) is 6.92 Å². The zero-order chi connectivity index (χ0) is 13.7. The molecule has 1 saturated carbocycles. The van der Waals surface area contributed by atoms with Gasteiger partial charge >= 0.3 is 5.97 Å². The molecule has 2 heteroatoms. The Labute approximate surface area is 118 Å². The van der Waals surface area contributed by atoms with Crippen molar-refractivity contribution in [2.75, 3.05) is 6.61 Å². The van der Waals surface area contributed by atoms with Crippen LogP contribution >= 0.6 is 0 Å². The smallest absolute Gasteiger partial charge is 0.310 e. The monoisotopic (exact) mass is 264 g/mol. The summed E-state index contributed by atoms with van der Waals surface area (Å²) in [6, 6.07) is 16.9. The van der Waals surface area contributed by atoms with Crippen LogP contribution in [-0.2, 0) is 14.9 Å². The highest BCUT2D eigenvalue weighted by atomic mass is 16.5. The van der Waals surface area contributed by atoms with E-state index in [0.717, 1.165) is 6.42 Å². The lowest BCUT2D eigenvalue weighted by Gasteiger charge is -2.13. The maximum absolute atomic E-state index is 12.2. The van der Waals surface area contributed by atoms with E-state index in [1.54, 1.807) is 0 Å². The van der Waals surface area contributed by atoms with Crippen LogP contribution in [0.25, 0.3) is 11.1 Å². The van der Waals surface area contributed by atoms with Gasteiger partial charge in [-0.05, 0) is 35.6 Å². The summed E-state index contributed by atoms with van der Waals surface area (Å²) in [7, 11) is 0. The van der Waals surface area contributed by atoms with E-state index < -0.39 is 0 Å². The largest absolute Gasteiger partial charge is 0.466 e. The van der Waals surface area contributed by atoms with E-state index in [9.17, 15) is 4.79 Å². The van der Waals surface area contributed by atoms with Gasteiger partial charge in [-0.25, -0.2) is 0 Å². The van der Waals surface area contributed by atoms with Crippen LogP contribution in [-0.4, -0.2) is 12.6 Å². The first-order valence-electron chi connectivity index (χ1n) is 7.15. The molecule has 100 valence electrons. The van der Waals surface area contributed by atoms with Crippen molar-refractivity contribution in [1.29, 1.82) is 0 Å². The molecule has 2 aromatic rings. The first-order valence-corrected chi connectivity index (χ1v) is 7.15.